The summed E-state index contributed by atoms with van der Waals surface area (Å²) in [6.07, 6.45) is -1.49. The van der Waals surface area contributed by atoms with Gasteiger partial charge in [-0.1, -0.05) is 17.3 Å². The first-order valence-electron chi connectivity index (χ1n) is 8.01. The molecule has 0 fully saturated rings. The van der Waals surface area contributed by atoms with Gasteiger partial charge in [0.05, 0.1) is 5.69 Å². The van der Waals surface area contributed by atoms with Crippen LogP contribution in [-0.4, -0.2) is 41.2 Å². The molecule has 7 nitrogen and oxygen atoms in total. The molecule has 0 aromatic carbocycles. The Kier molecular flexibility index (Phi) is 7.34. The molecule has 0 aliphatic rings. The molecule has 0 unspecified atom stereocenters. The van der Waals surface area contributed by atoms with E-state index in [1.807, 2.05) is 0 Å². The van der Waals surface area contributed by atoms with Gasteiger partial charge in [0.1, 0.15) is 11.4 Å². The molecule has 0 aliphatic heterocycles. The average molecular weight is 411 g/mol. The van der Waals surface area contributed by atoms with Crippen molar-refractivity contribution < 1.29 is 22.8 Å². The number of nitrogens with zero attached hydrogens (tertiary/aromatic N) is 2. The van der Waals surface area contributed by atoms with Crippen LogP contribution in [0.5, 0.6) is 0 Å². The molecule has 0 saturated heterocycles. The lowest BCUT2D eigenvalue weighted by atomic mass is 10.2. The van der Waals surface area contributed by atoms with Crippen molar-refractivity contribution in [2.45, 2.75) is 19.5 Å². The standard InChI is InChI=1S/C17H16F3N5O2S/c1-11-13(3-2-12-4-7-21-8-5-12)28-16(24-11)25-15(27)22-9-6-14(26)23-10-17(18,19)20/h4-5,7-8H,6,9-10H2,1H3,(H,23,26)(H2,22,24,25,27). The van der Waals surface area contributed by atoms with E-state index in [0.29, 0.717) is 15.7 Å². The molecule has 0 radical (unpaired) electrons. The van der Waals surface area contributed by atoms with Crippen LogP contribution < -0.4 is 16.0 Å². The number of carbonyl (C=O) groups is 2. The van der Waals surface area contributed by atoms with E-state index in [1.54, 1.807) is 36.8 Å². The van der Waals surface area contributed by atoms with Gasteiger partial charge in [-0.05, 0) is 25.0 Å². The van der Waals surface area contributed by atoms with Crippen LogP contribution in [0.15, 0.2) is 24.5 Å². The Hall–Kier alpha value is -3.13. The molecule has 148 valence electrons. The van der Waals surface area contributed by atoms with Gasteiger partial charge in [-0.3, -0.25) is 15.1 Å². The van der Waals surface area contributed by atoms with Crippen molar-refractivity contribution in [1.29, 1.82) is 0 Å². The van der Waals surface area contributed by atoms with E-state index in [1.165, 1.54) is 11.3 Å². The SMILES string of the molecule is Cc1nc(NC(=O)NCCC(=O)NCC(F)(F)F)sc1C#Cc1ccncc1. The molecule has 2 heterocycles. The minimum absolute atomic E-state index is 0.116. The zero-order chi connectivity index (χ0) is 20.6. The first-order chi connectivity index (χ1) is 13.2. The van der Waals surface area contributed by atoms with Gasteiger partial charge in [-0.25, -0.2) is 9.78 Å². The molecule has 0 atom stereocenters. The van der Waals surface area contributed by atoms with Crippen molar-refractivity contribution in [3.8, 4) is 11.8 Å². The number of alkyl halides is 3. The van der Waals surface area contributed by atoms with Crippen molar-refractivity contribution in [1.82, 2.24) is 20.6 Å². The van der Waals surface area contributed by atoms with Gasteiger partial charge in [0.25, 0.3) is 0 Å². The number of halogens is 3. The minimum atomic E-state index is -4.47. The molecule has 0 saturated carbocycles. The Bertz CT molecular complexity index is 888. The molecule has 2 aromatic heterocycles. The summed E-state index contributed by atoms with van der Waals surface area (Å²) >= 11 is 1.18. The summed E-state index contributed by atoms with van der Waals surface area (Å²) in [5.74, 6) is 5.13. The van der Waals surface area contributed by atoms with E-state index < -0.39 is 24.7 Å². The van der Waals surface area contributed by atoms with Crippen LogP contribution in [0.2, 0.25) is 0 Å². The minimum Gasteiger partial charge on any atom is -0.347 e. The first-order valence-corrected chi connectivity index (χ1v) is 8.82. The second kappa shape index (κ2) is 9.70. The Morgan fingerprint density at radius 3 is 2.57 bits per heavy atom. The van der Waals surface area contributed by atoms with Crippen molar-refractivity contribution in [2.24, 2.45) is 0 Å². The van der Waals surface area contributed by atoms with E-state index in [2.05, 4.69) is 32.4 Å². The summed E-state index contributed by atoms with van der Waals surface area (Å²) < 4.78 is 35.9. The summed E-state index contributed by atoms with van der Waals surface area (Å²) in [4.78, 5) is 31.8. The van der Waals surface area contributed by atoms with Crippen LogP contribution in [0.1, 0.15) is 22.6 Å². The molecular weight excluding hydrogens is 395 g/mol. The maximum Gasteiger partial charge on any atom is 0.405 e. The Morgan fingerprint density at radius 1 is 1.18 bits per heavy atom. The maximum atomic E-state index is 12.0. The lowest BCUT2D eigenvalue weighted by Gasteiger charge is -2.08. The number of urea groups is 1. The molecule has 0 spiro atoms. The number of rotatable bonds is 5. The van der Waals surface area contributed by atoms with Gasteiger partial charge in [-0.2, -0.15) is 13.2 Å². The van der Waals surface area contributed by atoms with E-state index in [0.717, 1.165) is 5.56 Å². The summed E-state index contributed by atoms with van der Waals surface area (Å²) in [6.45, 7) is 0.232. The molecule has 2 rings (SSSR count). The molecule has 2 aromatic rings. The smallest absolute Gasteiger partial charge is 0.347 e. The monoisotopic (exact) mass is 411 g/mol. The number of carbonyl (C=O) groups excluding carboxylic acids is 2. The lowest BCUT2D eigenvalue weighted by Crippen LogP contribution is -2.37. The number of thiazole rings is 1. The van der Waals surface area contributed by atoms with Crippen molar-refractivity contribution in [2.75, 3.05) is 18.4 Å². The van der Waals surface area contributed by atoms with Crippen LogP contribution >= 0.6 is 11.3 Å². The number of pyridine rings is 1. The number of aryl methyl sites for hydroxylation is 1. The Balaban J connectivity index is 1.80. The van der Waals surface area contributed by atoms with Gasteiger partial charge in [0.15, 0.2) is 5.13 Å². The second-order valence-corrected chi connectivity index (χ2v) is 6.44. The molecule has 28 heavy (non-hydrogen) atoms. The van der Waals surface area contributed by atoms with Crippen LogP contribution in [0, 0.1) is 18.8 Å². The summed E-state index contributed by atoms with van der Waals surface area (Å²) in [5, 5.41) is 6.91. The zero-order valence-electron chi connectivity index (χ0n) is 14.7. The third-order valence-corrected chi connectivity index (χ3v) is 4.13. The summed E-state index contributed by atoms with van der Waals surface area (Å²) in [5.41, 5.74) is 1.44. The Morgan fingerprint density at radius 2 is 1.89 bits per heavy atom. The highest BCUT2D eigenvalue weighted by Crippen LogP contribution is 2.21. The quantitative estimate of drug-likeness (QED) is 0.659. The van der Waals surface area contributed by atoms with Crippen LogP contribution in [-0.2, 0) is 4.79 Å². The fraction of sp³-hybridized carbons (Fsp3) is 0.294. The van der Waals surface area contributed by atoms with Crippen molar-refractivity contribution in [3.05, 3.63) is 40.7 Å². The topological polar surface area (TPSA) is 96.0 Å². The highest BCUT2D eigenvalue weighted by atomic mass is 32.1. The van der Waals surface area contributed by atoms with Gasteiger partial charge in [0, 0.05) is 30.9 Å². The number of nitrogens with one attached hydrogen (secondary N) is 3. The zero-order valence-corrected chi connectivity index (χ0v) is 15.5. The Labute approximate surface area is 162 Å². The number of hydrogen-bond acceptors (Lipinski definition) is 5. The second-order valence-electron chi connectivity index (χ2n) is 5.44. The summed E-state index contributed by atoms with van der Waals surface area (Å²) in [7, 11) is 0. The normalized spacial score (nSPS) is 10.6. The van der Waals surface area contributed by atoms with Crippen LogP contribution in [0.4, 0.5) is 23.1 Å². The molecule has 0 aliphatic carbocycles. The first kappa shape index (κ1) is 21.2. The van der Waals surface area contributed by atoms with Gasteiger partial charge in [-0.15, -0.1) is 0 Å². The van der Waals surface area contributed by atoms with Gasteiger partial charge < -0.3 is 10.6 Å². The largest absolute Gasteiger partial charge is 0.405 e. The molecule has 11 heteroatoms. The number of amides is 3. The van der Waals surface area contributed by atoms with Crippen molar-refractivity contribution >= 4 is 28.4 Å². The third kappa shape index (κ3) is 7.63. The lowest BCUT2D eigenvalue weighted by molar-refractivity contribution is -0.138. The summed E-state index contributed by atoms with van der Waals surface area (Å²) in [6, 6.07) is 2.91. The van der Waals surface area contributed by atoms with E-state index in [4.69, 9.17) is 0 Å². The van der Waals surface area contributed by atoms with Crippen LogP contribution in [0.3, 0.4) is 0 Å². The highest BCUT2D eigenvalue weighted by molar-refractivity contribution is 7.16. The predicted octanol–water partition coefficient (Wildman–Crippen LogP) is 2.44. The van der Waals surface area contributed by atoms with E-state index in [9.17, 15) is 22.8 Å². The van der Waals surface area contributed by atoms with E-state index >= 15 is 0 Å². The van der Waals surface area contributed by atoms with Gasteiger partial charge in [0.2, 0.25) is 5.91 Å². The highest BCUT2D eigenvalue weighted by Gasteiger charge is 2.27. The average Bonchev–Trinajstić information content (AvgIpc) is 2.97. The molecule has 3 amide bonds. The van der Waals surface area contributed by atoms with Crippen molar-refractivity contribution in [3.63, 3.8) is 0 Å². The van der Waals surface area contributed by atoms with Crippen LogP contribution in [0.25, 0.3) is 0 Å². The fourth-order valence-corrected chi connectivity index (χ4v) is 2.66. The molecular formula is C17H16F3N5O2S. The van der Waals surface area contributed by atoms with E-state index in [-0.39, 0.29) is 13.0 Å². The third-order valence-electron chi connectivity index (χ3n) is 3.14. The fourth-order valence-electron chi connectivity index (χ4n) is 1.85. The number of anilines is 1. The molecule has 0 bridgehead atoms. The van der Waals surface area contributed by atoms with Gasteiger partial charge >= 0.3 is 12.2 Å². The number of aromatic nitrogens is 2. The number of hydrogen-bond donors (Lipinski definition) is 3. The maximum absolute atomic E-state index is 12.0. The molecule has 3 N–H and O–H groups in total. The predicted molar refractivity (Wildman–Crippen MR) is 97.8 cm³/mol.